The third-order valence-electron chi connectivity index (χ3n) is 5.53. The molecule has 2 fully saturated rings. The molecule has 8 nitrogen and oxygen atoms in total. The molecule has 11 heteroatoms. The number of carboxylic acid groups (broad SMARTS) is 1. The maximum absolute atomic E-state index is 15.1. The highest BCUT2D eigenvalue weighted by Crippen LogP contribution is 2.44. The van der Waals surface area contributed by atoms with Crippen LogP contribution in [0.1, 0.15) is 22.8 Å². The molecule has 1 saturated carbocycles. The molecule has 3 N–H and O–H groups in total. The van der Waals surface area contributed by atoms with E-state index in [1.165, 1.54) is 11.7 Å². The van der Waals surface area contributed by atoms with E-state index in [0.29, 0.717) is 12.3 Å². The van der Waals surface area contributed by atoms with Gasteiger partial charge in [-0.05, 0) is 6.07 Å². The fourth-order valence-corrected chi connectivity index (χ4v) is 4.35. The van der Waals surface area contributed by atoms with E-state index in [0.717, 1.165) is 12.3 Å². The molecule has 2 aliphatic rings. The minimum Gasteiger partial charge on any atom is -0.477 e. The van der Waals surface area contributed by atoms with Crippen molar-refractivity contribution in [3.63, 3.8) is 0 Å². The lowest BCUT2D eigenvalue weighted by atomic mass is 10.1. The van der Waals surface area contributed by atoms with Crippen molar-refractivity contribution in [2.24, 2.45) is 16.8 Å². The number of hydrogen-bond acceptors (Lipinski definition) is 6. The summed E-state index contributed by atoms with van der Waals surface area (Å²) < 4.78 is 30.3. The van der Waals surface area contributed by atoms with Crippen LogP contribution in [0.4, 0.5) is 14.5 Å². The van der Waals surface area contributed by atoms with Gasteiger partial charge in [-0.2, -0.15) is 0 Å². The maximum Gasteiger partial charge on any atom is 0.341 e. The van der Waals surface area contributed by atoms with Crippen LogP contribution in [0.2, 0.25) is 5.02 Å². The van der Waals surface area contributed by atoms with Crippen LogP contribution in [0.15, 0.2) is 22.2 Å². The molecule has 0 spiro atoms. The van der Waals surface area contributed by atoms with Gasteiger partial charge in [0.2, 0.25) is 5.43 Å². The quantitative estimate of drug-likeness (QED) is 0.689. The van der Waals surface area contributed by atoms with Crippen molar-refractivity contribution in [1.82, 2.24) is 4.57 Å². The SMILES string of the molecule is CO/N=C1/CN(c2c(F)cc3c(=O)c(C(=O)O)cn([C@@H]4C[C@@H]4F)c3c2Cl)CC1CN. The molecule has 2 heterocycles. The van der Waals surface area contributed by atoms with Gasteiger partial charge < -0.3 is 25.1 Å². The summed E-state index contributed by atoms with van der Waals surface area (Å²) >= 11 is 6.56. The molecule has 30 heavy (non-hydrogen) atoms. The van der Waals surface area contributed by atoms with E-state index in [2.05, 4.69) is 5.16 Å². The molecular formula is C19H19ClF2N4O4. The zero-order valence-corrected chi connectivity index (χ0v) is 16.7. The lowest BCUT2D eigenvalue weighted by molar-refractivity contribution is 0.0694. The monoisotopic (exact) mass is 440 g/mol. The van der Waals surface area contributed by atoms with Gasteiger partial charge in [-0.25, -0.2) is 13.6 Å². The number of aromatic nitrogens is 1. The fraction of sp³-hybridized carbons (Fsp3) is 0.421. The molecule has 4 rings (SSSR count). The number of halogens is 3. The second-order valence-corrected chi connectivity index (χ2v) is 7.78. The predicted molar refractivity (Wildman–Crippen MR) is 108 cm³/mol. The van der Waals surface area contributed by atoms with E-state index in [1.807, 2.05) is 0 Å². The second kappa shape index (κ2) is 7.51. The number of aromatic carboxylic acids is 1. The number of carbonyl (C=O) groups is 1. The van der Waals surface area contributed by atoms with Crippen molar-refractivity contribution in [3.05, 3.63) is 38.9 Å². The molecule has 1 saturated heterocycles. The first kappa shape index (κ1) is 20.5. The molecule has 2 aromatic rings. The zero-order valence-electron chi connectivity index (χ0n) is 15.9. The molecule has 1 aliphatic carbocycles. The van der Waals surface area contributed by atoms with Crippen LogP contribution in [-0.4, -0.2) is 54.3 Å². The number of rotatable bonds is 5. The summed E-state index contributed by atoms with van der Waals surface area (Å²) in [6.07, 6.45) is 0.0367. The summed E-state index contributed by atoms with van der Waals surface area (Å²) in [4.78, 5) is 30.6. The average molecular weight is 441 g/mol. The minimum atomic E-state index is -1.47. The van der Waals surface area contributed by atoms with E-state index in [-0.39, 0.29) is 47.0 Å². The first-order valence-electron chi connectivity index (χ1n) is 9.27. The summed E-state index contributed by atoms with van der Waals surface area (Å²) in [5.41, 5.74) is 5.10. The third-order valence-corrected chi connectivity index (χ3v) is 5.88. The van der Waals surface area contributed by atoms with E-state index in [9.17, 15) is 19.1 Å². The smallest absolute Gasteiger partial charge is 0.341 e. The van der Waals surface area contributed by atoms with Crippen LogP contribution in [-0.2, 0) is 4.84 Å². The number of hydrogen-bond donors (Lipinski definition) is 2. The molecule has 0 bridgehead atoms. The van der Waals surface area contributed by atoms with Crippen molar-refractivity contribution in [2.75, 3.05) is 31.6 Å². The lowest BCUT2D eigenvalue weighted by Gasteiger charge is -2.22. The van der Waals surface area contributed by atoms with Gasteiger partial charge in [0.1, 0.15) is 24.7 Å². The zero-order chi connectivity index (χ0) is 21.7. The van der Waals surface area contributed by atoms with Gasteiger partial charge in [0, 0.05) is 31.6 Å². The average Bonchev–Trinajstić information content (AvgIpc) is 3.28. The topological polar surface area (TPSA) is 110 Å². The third kappa shape index (κ3) is 3.20. The largest absolute Gasteiger partial charge is 0.477 e. The van der Waals surface area contributed by atoms with Crippen LogP contribution < -0.4 is 16.1 Å². The molecule has 1 aliphatic heterocycles. The molecule has 0 radical (unpaired) electrons. The molecule has 1 aromatic carbocycles. The van der Waals surface area contributed by atoms with Gasteiger partial charge >= 0.3 is 5.97 Å². The van der Waals surface area contributed by atoms with Crippen LogP contribution >= 0.6 is 11.6 Å². The Hall–Kier alpha value is -2.72. The Balaban J connectivity index is 1.94. The lowest BCUT2D eigenvalue weighted by Crippen LogP contribution is -2.25. The molecule has 160 valence electrons. The number of nitrogens with two attached hydrogens (primary N) is 1. The Bertz CT molecular complexity index is 1140. The van der Waals surface area contributed by atoms with E-state index in [1.54, 1.807) is 4.90 Å². The van der Waals surface area contributed by atoms with E-state index >= 15 is 4.39 Å². The standard InChI is InChI=1S/C19H19ClF2N4O4/c1-30-24-13-7-25(5-8(13)4-23)17-12(22)2-9-16(15(17)20)26(14-3-11(14)21)6-10(18(9)27)19(28)29/h2,6,8,11,14H,3-5,7,23H2,1H3,(H,28,29)/b24-13-/t8?,11-,14+/m0/s1. The second-order valence-electron chi connectivity index (χ2n) is 7.40. The first-order chi connectivity index (χ1) is 14.3. The Labute approximate surface area is 174 Å². The minimum absolute atomic E-state index is 0.0243. The highest BCUT2D eigenvalue weighted by Gasteiger charge is 2.41. The molecular weight excluding hydrogens is 422 g/mol. The molecule has 1 aromatic heterocycles. The van der Waals surface area contributed by atoms with Crippen molar-refractivity contribution < 1.29 is 23.5 Å². The highest BCUT2D eigenvalue weighted by molar-refractivity contribution is 6.38. The Morgan fingerprint density at radius 3 is 2.77 bits per heavy atom. The van der Waals surface area contributed by atoms with Gasteiger partial charge in [-0.3, -0.25) is 4.79 Å². The Morgan fingerprint density at radius 1 is 1.50 bits per heavy atom. The summed E-state index contributed by atoms with van der Waals surface area (Å²) in [5, 5.41) is 13.0. The van der Waals surface area contributed by atoms with Gasteiger partial charge in [0.05, 0.1) is 39.9 Å². The normalized spacial score (nSPS) is 24.6. The van der Waals surface area contributed by atoms with Gasteiger partial charge in [-0.1, -0.05) is 16.8 Å². The predicted octanol–water partition coefficient (Wildman–Crippen LogP) is 2.17. The van der Waals surface area contributed by atoms with E-state index in [4.69, 9.17) is 22.2 Å². The van der Waals surface area contributed by atoms with Crippen molar-refractivity contribution in [1.29, 1.82) is 0 Å². The Morgan fingerprint density at radius 2 is 2.20 bits per heavy atom. The van der Waals surface area contributed by atoms with Gasteiger partial charge in [0.15, 0.2) is 0 Å². The summed E-state index contributed by atoms with van der Waals surface area (Å²) in [7, 11) is 1.40. The van der Waals surface area contributed by atoms with Crippen LogP contribution in [0.5, 0.6) is 0 Å². The molecule has 3 atom stereocenters. The number of alkyl halides is 1. The number of carboxylic acids is 1. The van der Waals surface area contributed by atoms with Crippen molar-refractivity contribution in [2.45, 2.75) is 18.6 Å². The fourth-order valence-electron chi connectivity index (χ4n) is 3.94. The maximum atomic E-state index is 15.1. The van der Waals surface area contributed by atoms with Crippen LogP contribution in [0.3, 0.4) is 0 Å². The highest BCUT2D eigenvalue weighted by atomic mass is 35.5. The molecule has 0 amide bonds. The van der Waals surface area contributed by atoms with Gasteiger partial charge in [0.25, 0.3) is 0 Å². The van der Waals surface area contributed by atoms with Crippen molar-refractivity contribution in [3.8, 4) is 0 Å². The number of fused-ring (bicyclic) bond motifs is 1. The first-order valence-corrected chi connectivity index (χ1v) is 9.65. The van der Waals surface area contributed by atoms with Gasteiger partial charge in [-0.15, -0.1) is 0 Å². The summed E-state index contributed by atoms with van der Waals surface area (Å²) in [6, 6.07) is 0.295. The Kier molecular flexibility index (Phi) is 5.15. The number of benzene rings is 1. The van der Waals surface area contributed by atoms with E-state index < -0.39 is 35.0 Å². The van der Waals surface area contributed by atoms with Crippen LogP contribution in [0.25, 0.3) is 10.9 Å². The number of nitrogens with zero attached hydrogens (tertiary/aromatic N) is 3. The number of anilines is 1. The number of pyridine rings is 1. The summed E-state index contributed by atoms with van der Waals surface area (Å²) in [5.74, 6) is -2.44. The van der Waals surface area contributed by atoms with Crippen molar-refractivity contribution >= 4 is 39.9 Å². The number of oxime groups is 1. The van der Waals surface area contributed by atoms with Crippen LogP contribution in [0, 0.1) is 11.7 Å². The molecule has 1 unspecified atom stereocenters. The summed E-state index contributed by atoms with van der Waals surface area (Å²) in [6.45, 7) is 0.807.